The Morgan fingerprint density at radius 2 is 1.89 bits per heavy atom. The van der Waals surface area contributed by atoms with Crippen molar-refractivity contribution in [3.63, 3.8) is 0 Å². The molecule has 1 amide bonds. The number of hydrogen-bond acceptors (Lipinski definition) is 2. The summed E-state index contributed by atoms with van der Waals surface area (Å²) in [7, 11) is 0. The van der Waals surface area contributed by atoms with Crippen molar-refractivity contribution in [3.8, 4) is 0 Å². The third-order valence-corrected chi connectivity index (χ3v) is 4.87. The molecule has 1 aliphatic carbocycles. The number of rotatable bonds is 3. The van der Waals surface area contributed by atoms with Crippen LogP contribution in [0, 0.1) is 23.2 Å². The molecule has 19 heavy (non-hydrogen) atoms. The molecule has 108 valence electrons. The lowest BCUT2D eigenvalue weighted by Gasteiger charge is -2.31. The summed E-state index contributed by atoms with van der Waals surface area (Å²) in [5.74, 6) is 1.28. The van der Waals surface area contributed by atoms with Crippen LogP contribution in [0.5, 0.6) is 0 Å². The van der Waals surface area contributed by atoms with Crippen LogP contribution < -0.4 is 0 Å². The Morgan fingerprint density at radius 3 is 2.37 bits per heavy atom. The minimum atomic E-state index is 0.113. The van der Waals surface area contributed by atoms with Gasteiger partial charge in [0.25, 0.3) is 0 Å². The molecule has 1 N–H and O–H groups in total. The Bertz CT molecular complexity index is 374. The van der Waals surface area contributed by atoms with E-state index in [4.69, 9.17) is 5.11 Å². The van der Waals surface area contributed by atoms with E-state index < -0.39 is 0 Å². The van der Waals surface area contributed by atoms with Gasteiger partial charge in [-0.15, -0.1) is 0 Å². The summed E-state index contributed by atoms with van der Waals surface area (Å²) < 4.78 is 0. The van der Waals surface area contributed by atoms with Gasteiger partial charge in [0.15, 0.2) is 0 Å². The van der Waals surface area contributed by atoms with Crippen molar-refractivity contribution in [2.75, 3.05) is 19.7 Å². The zero-order chi connectivity index (χ0) is 14.2. The van der Waals surface area contributed by atoms with E-state index in [-0.39, 0.29) is 17.9 Å². The molecular formula is C16H27NO2. The number of piperidine rings is 1. The highest BCUT2D eigenvalue weighted by atomic mass is 16.3. The first kappa shape index (κ1) is 14.6. The van der Waals surface area contributed by atoms with E-state index in [1.165, 1.54) is 5.57 Å². The quantitative estimate of drug-likeness (QED) is 0.796. The lowest BCUT2D eigenvalue weighted by atomic mass is 9.97. The normalized spacial score (nSPS) is 30.1. The van der Waals surface area contributed by atoms with Crippen LogP contribution in [-0.4, -0.2) is 35.6 Å². The number of likely N-dealkylation sites (tertiary alicyclic amines) is 1. The summed E-state index contributed by atoms with van der Waals surface area (Å²) in [6.07, 6.45) is 4.15. The third kappa shape index (κ3) is 2.86. The topological polar surface area (TPSA) is 40.5 Å². The van der Waals surface area contributed by atoms with Crippen LogP contribution in [0.15, 0.2) is 11.6 Å². The molecule has 0 spiro atoms. The van der Waals surface area contributed by atoms with E-state index in [0.717, 1.165) is 25.9 Å². The Kier molecular flexibility index (Phi) is 4.05. The highest BCUT2D eigenvalue weighted by Crippen LogP contribution is 2.60. The highest BCUT2D eigenvalue weighted by molar-refractivity contribution is 5.84. The number of aliphatic hydroxyl groups excluding tert-OH is 1. The summed E-state index contributed by atoms with van der Waals surface area (Å²) in [4.78, 5) is 14.6. The molecule has 0 aromatic rings. The maximum atomic E-state index is 12.6. The first-order valence-electron chi connectivity index (χ1n) is 7.42. The zero-order valence-corrected chi connectivity index (χ0v) is 12.6. The van der Waals surface area contributed by atoms with Gasteiger partial charge in [0.2, 0.25) is 5.91 Å². The molecule has 2 atom stereocenters. The second-order valence-electron chi connectivity index (χ2n) is 7.02. The van der Waals surface area contributed by atoms with E-state index in [1.807, 2.05) is 4.90 Å². The Hall–Kier alpha value is -0.830. The molecule has 0 aromatic heterocycles. The lowest BCUT2D eigenvalue weighted by Crippen LogP contribution is -2.40. The number of aliphatic hydroxyl groups is 1. The molecule has 3 heteroatoms. The van der Waals surface area contributed by atoms with Gasteiger partial charge in [0.05, 0.1) is 5.92 Å². The SMILES string of the molecule is CC(C)=CC1C(C(=O)N2CCC(CO)CC2)C1(C)C. The van der Waals surface area contributed by atoms with Crippen LogP contribution in [0.2, 0.25) is 0 Å². The number of carbonyl (C=O) groups is 1. The van der Waals surface area contributed by atoms with Crippen molar-refractivity contribution < 1.29 is 9.90 Å². The Balaban J connectivity index is 1.96. The monoisotopic (exact) mass is 265 g/mol. The second kappa shape index (κ2) is 5.28. The number of allylic oxidation sites excluding steroid dienone is 2. The van der Waals surface area contributed by atoms with E-state index in [1.54, 1.807) is 0 Å². The number of amides is 1. The summed E-state index contributed by atoms with van der Waals surface area (Å²) in [6, 6.07) is 0. The molecule has 2 unspecified atom stereocenters. The highest BCUT2D eigenvalue weighted by Gasteiger charge is 2.61. The molecule has 1 heterocycles. The predicted molar refractivity (Wildman–Crippen MR) is 76.6 cm³/mol. The average molecular weight is 265 g/mol. The van der Waals surface area contributed by atoms with Crippen molar-refractivity contribution in [1.82, 2.24) is 4.90 Å². The number of carbonyl (C=O) groups excluding carboxylic acids is 1. The predicted octanol–water partition coefficient (Wildman–Crippen LogP) is 2.46. The lowest BCUT2D eigenvalue weighted by molar-refractivity contribution is -0.135. The fourth-order valence-electron chi connectivity index (χ4n) is 3.35. The molecule has 0 bridgehead atoms. The summed E-state index contributed by atoms with van der Waals surface area (Å²) >= 11 is 0. The van der Waals surface area contributed by atoms with E-state index in [0.29, 0.717) is 17.7 Å². The summed E-state index contributed by atoms with van der Waals surface area (Å²) in [6.45, 7) is 10.5. The van der Waals surface area contributed by atoms with E-state index >= 15 is 0 Å². The van der Waals surface area contributed by atoms with Gasteiger partial charge in [-0.2, -0.15) is 0 Å². The largest absolute Gasteiger partial charge is 0.396 e. The third-order valence-electron chi connectivity index (χ3n) is 4.87. The van der Waals surface area contributed by atoms with Crippen molar-refractivity contribution in [1.29, 1.82) is 0 Å². The van der Waals surface area contributed by atoms with Crippen LogP contribution in [0.25, 0.3) is 0 Å². The zero-order valence-electron chi connectivity index (χ0n) is 12.6. The molecule has 0 aromatic carbocycles. The van der Waals surface area contributed by atoms with Gasteiger partial charge in [-0.05, 0) is 43.9 Å². The molecular weight excluding hydrogens is 238 g/mol. The van der Waals surface area contributed by atoms with Gasteiger partial charge in [-0.1, -0.05) is 25.5 Å². The van der Waals surface area contributed by atoms with Gasteiger partial charge in [0.1, 0.15) is 0 Å². The minimum absolute atomic E-state index is 0.113. The van der Waals surface area contributed by atoms with Gasteiger partial charge >= 0.3 is 0 Å². The van der Waals surface area contributed by atoms with Crippen LogP contribution in [0.3, 0.4) is 0 Å². The molecule has 2 rings (SSSR count). The fraction of sp³-hybridized carbons (Fsp3) is 0.812. The standard InChI is InChI=1S/C16H27NO2/c1-11(2)9-13-14(16(13,3)4)15(19)17-7-5-12(10-18)6-8-17/h9,12-14,18H,5-8,10H2,1-4H3. The van der Waals surface area contributed by atoms with Gasteiger partial charge in [-0.3, -0.25) is 4.79 Å². The molecule has 1 saturated carbocycles. The van der Waals surface area contributed by atoms with Gasteiger partial charge in [-0.25, -0.2) is 0 Å². The van der Waals surface area contributed by atoms with Crippen molar-refractivity contribution >= 4 is 5.91 Å². The first-order valence-corrected chi connectivity index (χ1v) is 7.42. The average Bonchev–Trinajstić information content (AvgIpc) is 2.89. The van der Waals surface area contributed by atoms with Crippen molar-refractivity contribution in [3.05, 3.63) is 11.6 Å². The molecule has 2 aliphatic rings. The van der Waals surface area contributed by atoms with Crippen LogP contribution in [0.1, 0.15) is 40.5 Å². The first-order chi connectivity index (χ1) is 8.87. The van der Waals surface area contributed by atoms with Crippen molar-refractivity contribution in [2.45, 2.75) is 40.5 Å². The smallest absolute Gasteiger partial charge is 0.226 e. The molecule has 1 saturated heterocycles. The summed E-state index contributed by atoms with van der Waals surface area (Å²) in [5, 5.41) is 9.15. The second-order valence-corrected chi connectivity index (χ2v) is 7.02. The van der Waals surface area contributed by atoms with E-state index in [2.05, 4.69) is 33.8 Å². The molecule has 2 fully saturated rings. The van der Waals surface area contributed by atoms with Crippen LogP contribution in [0.4, 0.5) is 0 Å². The van der Waals surface area contributed by atoms with Gasteiger partial charge in [0, 0.05) is 19.7 Å². The van der Waals surface area contributed by atoms with Crippen molar-refractivity contribution in [2.24, 2.45) is 23.2 Å². The summed E-state index contributed by atoms with van der Waals surface area (Å²) in [5.41, 5.74) is 1.41. The minimum Gasteiger partial charge on any atom is -0.396 e. The van der Waals surface area contributed by atoms with Crippen LogP contribution >= 0.6 is 0 Å². The van der Waals surface area contributed by atoms with E-state index in [9.17, 15) is 4.79 Å². The Labute approximate surface area is 116 Å². The Morgan fingerprint density at radius 1 is 1.32 bits per heavy atom. The maximum Gasteiger partial charge on any atom is 0.226 e. The molecule has 1 aliphatic heterocycles. The van der Waals surface area contributed by atoms with Crippen LogP contribution in [-0.2, 0) is 4.79 Å². The number of nitrogens with zero attached hydrogens (tertiary/aromatic N) is 1. The fourth-order valence-corrected chi connectivity index (χ4v) is 3.35. The maximum absolute atomic E-state index is 12.6. The molecule has 3 nitrogen and oxygen atoms in total. The number of hydrogen-bond donors (Lipinski definition) is 1. The van der Waals surface area contributed by atoms with Gasteiger partial charge < -0.3 is 10.0 Å². The molecule has 0 radical (unpaired) electrons.